The van der Waals surface area contributed by atoms with Gasteiger partial charge in [0.15, 0.2) is 0 Å². The van der Waals surface area contributed by atoms with Crippen molar-refractivity contribution >= 4 is 11.8 Å². The molecule has 0 saturated heterocycles. The Morgan fingerprint density at radius 2 is 2.19 bits per heavy atom. The summed E-state index contributed by atoms with van der Waals surface area (Å²) in [6, 6.07) is 1.93. The lowest BCUT2D eigenvalue weighted by Crippen LogP contribution is -2.17. The average Bonchev–Trinajstić information content (AvgIpc) is 2.81. The summed E-state index contributed by atoms with van der Waals surface area (Å²) in [5, 5.41) is 10.7. The van der Waals surface area contributed by atoms with Gasteiger partial charge in [0.05, 0.1) is 18.6 Å². The average molecular weight is 240 g/mol. The van der Waals surface area contributed by atoms with Crippen LogP contribution in [0.1, 0.15) is 37.7 Å². The second kappa shape index (κ2) is 6.36. The lowest BCUT2D eigenvalue weighted by molar-refractivity contribution is 0.199. The van der Waals surface area contributed by atoms with Crippen molar-refractivity contribution < 1.29 is 9.52 Å². The molecule has 2 nitrogen and oxygen atoms in total. The molecular weight excluding hydrogens is 220 g/mol. The van der Waals surface area contributed by atoms with E-state index in [9.17, 15) is 5.11 Å². The molecule has 1 fully saturated rings. The van der Waals surface area contributed by atoms with Crippen LogP contribution < -0.4 is 0 Å². The second-order valence-corrected chi connectivity index (χ2v) is 5.92. The fourth-order valence-electron chi connectivity index (χ4n) is 2.22. The van der Waals surface area contributed by atoms with E-state index >= 15 is 0 Å². The molecule has 1 aromatic heterocycles. The standard InChI is InChI=1S/C13H20O2S/c14-12(8-11-6-7-15-9-11)10-16-13-4-2-1-3-5-13/h6-7,9,12-14H,1-5,8,10H2. The predicted molar refractivity (Wildman–Crippen MR) is 67.7 cm³/mol. The summed E-state index contributed by atoms with van der Waals surface area (Å²) in [4.78, 5) is 0. The third kappa shape index (κ3) is 3.87. The number of thioether (sulfide) groups is 1. The summed E-state index contributed by atoms with van der Waals surface area (Å²) >= 11 is 1.95. The van der Waals surface area contributed by atoms with E-state index in [1.807, 2.05) is 17.8 Å². The Morgan fingerprint density at radius 3 is 2.88 bits per heavy atom. The Kier molecular flexibility index (Phi) is 4.79. The SMILES string of the molecule is OC(CSC1CCCCC1)Cc1ccoc1. The van der Waals surface area contributed by atoms with E-state index in [0.717, 1.165) is 23.0 Å². The highest BCUT2D eigenvalue weighted by molar-refractivity contribution is 7.99. The molecule has 1 aliphatic carbocycles. The number of hydrogen-bond acceptors (Lipinski definition) is 3. The van der Waals surface area contributed by atoms with Gasteiger partial charge < -0.3 is 9.52 Å². The zero-order valence-corrected chi connectivity index (χ0v) is 10.4. The van der Waals surface area contributed by atoms with Gasteiger partial charge >= 0.3 is 0 Å². The van der Waals surface area contributed by atoms with Crippen LogP contribution in [0.25, 0.3) is 0 Å². The molecule has 3 heteroatoms. The first-order chi connectivity index (χ1) is 7.84. The van der Waals surface area contributed by atoms with Crippen LogP contribution in [0.2, 0.25) is 0 Å². The van der Waals surface area contributed by atoms with Crippen LogP contribution in [-0.4, -0.2) is 22.2 Å². The zero-order chi connectivity index (χ0) is 11.2. The molecular formula is C13H20O2S. The van der Waals surface area contributed by atoms with Gasteiger partial charge in [-0.3, -0.25) is 0 Å². The molecule has 0 radical (unpaired) electrons. The van der Waals surface area contributed by atoms with E-state index in [1.165, 1.54) is 32.1 Å². The zero-order valence-electron chi connectivity index (χ0n) is 9.60. The highest BCUT2D eigenvalue weighted by Gasteiger charge is 2.15. The Labute approximate surface area is 101 Å². The molecule has 0 bridgehead atoms. The summed E-state index contributed by atoms with van der Waals surface area (Å²) in [6.07, 6.45) is 10.7. The molecule has 0 aromatic carbocycles. The molecule has 16 heavy (non-hydrogen) atoms. The Bertz CT molecular complexity index is 278. The summed E-state index contributed by atoms with van der Waals surface area (Å²) in [5.41, 5.74) is 1.09. The fourth-order valence-corrected chi connectivity index (χ4v) is 3.50. The van der Waals surface area contributed by atoms with E-state index < -0.39 is 0 Å². The maximum Gasteiger partial charge on any atom is 0.0935 e. The Hall–Kier alpha value is -0.410. The molecule has 1 aliphatic rings. The monoisotopic (exact) mass is 240 g/mol. The number of aliphatic hydroxyl groups excluding tert-OH is 1. The quantitative estimate of drug-likeness (QED) is 0.857. The summed E-state index contributed by atoms with van der Waals surface area (Å²) in [5.74, 6) is 0.857. The van der Waals surface area contributed by atoms with Crippen molar-refractivity contribution in [3.8, 4) is 0 Å². The van der Waals surface area contributed by atoms with Gasteiger partial charge in [0, 0.05) is 17.4 Å². The van der Waals surface area contributed by atoms with Gasteiger partial charge in [0.1, 0.15) is 0 Å². The van der Waals surface area contributed by atoms with E-state index in [4.69, 9.17) is 4.42 Å². The van der Waals surface area contributed by atoms with Gasteiger partial charge in [-0.2, -0.15) is 11.8 Å². The van der Waals surface area contributed by atoms with E-state index in [1.54, 1.807) is 12.5 Å². The largest absolute Gasteiger partial charge is 0.472 e. The minimum absolute atomic E-state index is 0.232. The van der Waals surface area contributed by atoms with Crippen molar-refractivity contribution in [3.05, 3.63) is 24.2 Å². The molecule has 90 valence electrons. The highest BCUT2D eigenvalue weighted by atomic mass is 32.2. The number of rotatable bonds is 5. The smallest absolute Gasteiger partial charge is 0.0935 e. The maximum absolute atomic E-state index is 9.89. The van der Waals surface area contributed by atoms with Crippen molar-refractivity contribution in [3.63, 3.8) is 0 Å². The Balaban J connectivity index is 1.65. The molecule has 2 rings (SSSR count). The first-order valence-corrected chi connectivity index (χ1v) is 7.20. The topological polar surface area (TPSA) is 33.4 Å². The van der Waals surface area contributed by atoms with Crippen LogP contribution >= 0.6 is 11.8 Å². The first-order valence-electron chi connectivity index (χ1n) is 6.15. The molecule has 1 unspecified atom stereocenters. The minimum Gasteiger partial charge on any atom is -0.472 e. The normalized spacial score (nSPS) is 19.8. The van der Waals surface area contributed by atoms with E-state index in [2.05, 4.69) is 0 Å². The van der Waals surface area contributed by atoms with Gasteiger partial charge in [0.25, 0.3) is 0 Å². The lowest BCUT2D eigenvalue weighted by Gasteiger charge is -2.22. The van der Waals surface area contributed by atoms with Crippen LogP contribution in [0.4, 0.5) is 0 Å². The predicted octanol–water partition coefficient (Wildman–Crippen LogP) is 3.25. The molecule has 0 aliphatic heterocycles. The van der Waals surface area contributed by atoms with Crippen LogP contribution in [-0.2, 0) is 6.42 Å². The molecule has 1 aromatic rings. The van der Waals surface area contributed by atoms with Crippen molar-refractivity contribution in [1.82, 2.24) is 0 Å². The van der Waals surface area contributed by atoms with Gasteiger partial charge in [-0.15, -0.1) is 0 Å². The van der Waals surface area contributed by atoms with Crippen molar-refractivity contribution in [1.29, 1.82) is 0 Å². The number of aliphatic hydroxyl groups is 1. The van der Waals surface area contributed by atoms with Gasteiger partial charge in [-0.25, -0.2) is 0 Å². The molecule has 1 heterocycles. The third-order valence-electron chi connectivity index (χ3n) is 3.13. The fraction of sp³-hybridized carbons (Fsp3) is 0.692. The molecule has 1 atom stereocenters. The summed E-state index contributed by atoms with van der Waals surface area (Å²) in [7, 11) is 0. The molecule has 0 amide bonds. The van der Waals surface area contributed by atoms with E-state index in [-0.39, 0.29) is 6.10 Å². The minimum atomic E-state index is -0.232. The summed E-state index contributed by atoms with van der Waals surface area (Å²) in [6.45, 7) is 0. The van der Waals surface area contributed by atoms with Crippen LogP contribution in [0.3, 0.4) is 0 Å². The lowest BCUT2D eigenvalue weighted by atomic mass is 10.0. The molecule has 0 spiro atoms. The van der Waals surface area contributed by atoms with E-state index in [0.29, 0.717) is 0 Å². The third-order valence-corrected chi connectivity index (χ3v) is 4.65. The second-order valence-electron chi connectivity index (χ2n) is 4.58. The first kappa shape index (κ1) is 12.1. The van der Waals surface area contributed by atoms with Crippen molar-refractivity contribution in [2.24, 2.45) is 0 Å². The summed E-state index contributed by atoms with van der Waals surface area (Å²) < 4.78 is 4.99. The van der Waals surface area contributed by atoms with Gasteiger partial charge in [-0.1, -0.05) is 19.3 Å². The highest BCUT2D eigenvalue weighted by Crippen LogP contribution is 2.28. The van der Waals surface area contributed by atoms with Crippen LogP contribution in [0.15, 0.2) is 23.0 Å². The van der Waals surface area contributed by atoms with Crippen LogP contribution in [0.5, 0.6) is 0 Å². The number of furan rings is 1. The number of hydrogen-bond donors (Lipinski definition) is 1. The van der Waals surface area contributed by atoms with Crippen molar-refractivity contribution in [2.45, 2.75) is 49.9 Å². The van der Waals surface area contributed by atoms with Gasteiger partial charge in [0.2, 0.25) is 0 Å². The van der Waals surface area contributed by atoms with Gasteiger partial charge in [-0.05, 0) is 24.5 Å². The maximum atomic E-state index is 9.89. The molecule has 1 saturated carbocycles. The van der Waals surface area contributed by atoms with Crippen LogP contribution in [0, 0.1) is 0 Å². The Morgan fingerprint density at radius 1 is 1.38 bits per heavy atom. The molecule has 1 N–H and O–H groups in total. The van der Waals surface area contributed by atoms with Crippen molar-refractivity contribution in [2.75, 3.05) is 5.75 Å².